The van der Waals surface area contributed by atoms with E-state index in [9.17, 15) is 18.4 Å². The maximum atomic E-state index is 13.8. The summed E-state index contributed by atoms with van der Waals surface area (Å²) in [5.41, 5.74) is 4.62. The van der Waals surface area contributed by atoms with E-state index < -0.39 is 35.1 Å². The van der Waals surface area contributed by atoms with E-state index in [1.165, 1.54) is 7.11 Å². The molecule has 0 aliphatic carbocycles. The van der Waals surface area contributed by atoms with Crippen LogP contribution in [0.3, 0.4) is 0 Å². The Balaban J connectivity index is 2.38. The minimum absolute atomic E-state index is 0.0110. The number of carbonyl (C=O) groups excluding carboxylic acids is 2. The van der Waals surface area contributed by atoms with E-state index in [0.717, 1.165) is 17.0 Å². The van der Waals surface area contributed by atoms with Crippen LogP contribution in [0.4, 0.5) is 14.5 Å². The Morgan fingerprint density at radius 3 is 2.42 bits per heavy atom. The molecular formula is C12H12F2N2O3. The van der Waals surface area contributed by atoms with Crippen molar-refractivity contribution in [2.45, 2.75) is 6.42 Å². The fourth-order valence-corrected chi connectivity index (χ4v) is 2.03. The molecule has 102 valence electrons. The van der Waals surface area contributed by atoms with Gasteiger partial charge in [-0.3, -0.25) is 9.59 Å². The number of primary amides is 1. The van der Waals surface area contributed by atoms with Crippen molar-refractivity contribution in [3.63, 3.8) is 0 Å². The zero-order valence-corrected chi connectivity index (χ0v) is 10.2. The smallest absolute Gasteiger partial charge is 0.228 e. The summed E-state index contributed by atoms with van der Waals surface area (Å²) in [7, 11) is 1.28. The summed E-state index contributed by atoms with van der Waals surface area (Å²) in [4.78, 5) is 23.6. The van der Waals surface area contributed by atoms with Crippen LogP contribution in [0.5, 0.6) is 5.75 Å². The van der Waals surface area contributed by atoms with Crippen LogP contribution in [0.25, 0.3) is 0 Å². The lowest BCUT2D eigenvalue weighted by Crippen LogP contribution is -2.29. The number of halogens is 2. The highest BCUT2D eigenvalue weighted by Crippen LogP contribution is 2.32. The van der Waals surface area contributed by atoms with Gasteiger partial charge in [-0.25, -0.2) is 8.78 Å². The van der Waals surface area contributed by atoms with E-state index in [1.807, 2.05) is 0 Å². The number of hydrogen-bond donors (Lipinski definition) is 1. The molecule has 0 aromatic heterocycles. The van der Waals surface area contributed by atoms with Crippen LogP contribution in [0.1, 0.15) is 6.42 Å². The Bertz CT molecular complexity index is 525. The second kappa shape index (κ2) is 4.83. The lowest BCUT2D eigenvalue weighted by atomic mass is 10.1. The average Bonchev–Trinajstić information content (AvgIpc) is 2.71. The summed E-state index contributed by atoms with van der Waals surface area (Å²) in [5.74, 6) is -3.76. The van der Waals surface area contributed by atoms with Crippen LogP contribution in [-0.4, -0.2) is 25.5 Å². The van der Waals surface area contributed by atoms with E-state index in [0.29, 0.717) is 0 Å². The zero-order valence-electron chi connectivity index (χ0n) is 10.2. The van der Waals surface area contributed by atoms with Crippen molar-refractivity contribution in [2.24, 2.45) is 11.7 Å². The number of hydrogen-bond acceptors (Lipinski definition) is 3. The Kier molecular flexibility index (Phi) is 3.37. The average molecular weight is 270 g/mol. The third kappa shape index (κ3) is 2.35. The van der Waals surface area contributed by atoms with Crippen molar-refractivity contribution in [1.29, 1.82) is 0 Å². The molecule has 5 nitrogen and oxygen atoms in total. The van der Waals surface area contributed by atoms with Crippen LogP contribution in [0, 0.1) is 17.6 Å². The first kappa shape index (κ1) is 13.3. The highest BCUT2D eigenvalue weighted by Gasteiger charge is 2.36. The number of methoxy groups -OCH3 is 1. The van der Waals surface area contributed by atoms with Gasteiger partial charge in [0.1, 0.15) is 11.4 Å². The number of ether oxygens (including phenoxy) is 1. The number of benzene rings is 1. The maximum absolute atomic E-state index is 13.8. The van der Waals surface area contributed by atoms with Crippen molar-refractivity contribution in [3.05, 3.63) is 23.8 Å². The predicted octanol–water partition coefficient (Wildman–Crippen LogP) is 0.812. The Labute approximate surface area is 107 Å². The Morgan fingerprint density at radius 1 is 1.42 bits per heavy atom. The summed E-state index contributed by atoms with van der Waals surface area (Å²) in [5, 5.41) is 0. The number of rotatable bonds is 3. The first-order valence-electron chi connectivity index (χ1n) is 5.56. The van der Waals surface area contributed by atoms with Gasteiger partial charge in [0.25, 0.3) is 0 Å². The fraction of sp³-hybridized carbons (Fsp3) is 0.333. The van der Waals surface area contributed by atoms with Gasteiger partial charge in [-0.15, -0.1) is 0 Å². The molecule has 1 saturated heterocycles. The molecular weight excluding hydrogens is 258 g/mol. The van der Waals surface area contributed by atoms with E-state index in [2.05, 4.69) is 0 Å². The number of amides is 2. The van der Waals surface area contributed by atoms with Gasteiger partial charge < -0.3 is 15.4 Å². The Morgan fingerprint density at radius 2 is 2.00 bits per heavy atom. The molecule has 1 aliphatic heterocycles. The number of nitrogens with zero attached hydrogens (tertiary/aromatic N) is 1. The molecule has 1 aromatic rings. The van der Waals surface area contributed by atoms with Gasteiger partial charge in [-0.05, 0) is 0 Å². The molecule has 1 unspecified atom stereocenters. The van der Waals surface area contributed by atoms with Crippen LogP contribution < -0.4 is 15.4 Å². The summed E-state index contributed by atoms with van der Waals surface area (Å²) in [6.45, 7) is -0.117. The van der Waals surface area contributed by atoms with Crippen LogP contribution in [0.2, 0.25) is 0 Å². The normalized spacial score (nSPS) is 18.8. The highest BCUT2D eigenvalue weighted by atomic mass is 19.1. The SMILES string of the molecule is COc1cc(F)c(N2CC(C(N)=O)CC2=O)c(F)c1. The van der Waals surface area contributed by atoms with E-state index in [4.69, 9.17) is 10.5 Å². The van der Waals surface area contributed by atoms with Crippen molar-refractivity contribution >= 4 is 17.5 Å². The first-order chi connectivity index (χ1) is 8.93. The molecule has 19 heavy (non-hydrogen) atoms. The molecule has 2 amide bonds. The molecule has 1 fully saturated rings. The molecule has 0 saturated carbocycles. The Hall–Kier alpha value is -2.18. The van der Waals surface area contributed by atoms with Gasteiger partial charge in [0, 0.05) is 25.1 Å². The highest BCUT2D eigenvalue weighted by molar-refractivity contribution is 6.00. The van der Waals surface area contributed by atoms with Gasteiger partial charge in [0.05, 0.1) is 13.0 Å². The lowest BCUT2D eigenvalue weighted by Gasteiger charge is -2.18. The van der Waals surface area contributed by atoms with Crippen LogP contribution in [-0.2, 0) is 9.59 Å². The standard InChI is InChI=1S/C12H12F2N2O3/c1-19-7-3-8(13)11(9(14)4-7)16-5-6(12(15)18)2-10(16)17/h3-4,6H,2,5H2,1H3,(H2,15,18). The second-order valence-corrected chi connectivity index (χ2v) is 4.25. The fourth-order valence-electron chi connectivity index (χ4n) is 2.03. The van der Waals surface area contributed by atoms with E-state index in [1.54, 1.807) is 0 Å². The molecule has 0 radical (unpaired) electrons. The van der Waals surface area contributed by atoms with Gasteiger partial charge in [0.15, 0.2) is 11.6 Å². The quantitative estimate of drug-likeness (QED) is 0.883. The molecule has 7 heteroatoms. The zero-order chi connectivity index (χ0) is 14.2. The maximum Gasteiger partial charge on any atom is 0.228 e. The molecule has 1 heterocycles. The molecule has 2 rings (SSSR count). The minimum atomic E-state index is -0.921. The molecule has 1 atom stereocenters. The molecule has 1 aromatic carbocycles. The monoisotopic (exact) mass is 270 g/mol. The molecule has 0 bridgehead atoms. The summed E-state index contributed by atoms with van der Waals surface area (Å²) in [6.07, 6.45) is -0.139. The van der Waals surface area contributed by atoms with Gasteiger partial charge >= 0.3 is 0 Å². The summed E-state index contributed by atoms with van der Waals surface area (Å²) >= 11 is 0. The van der Waals surface area contributed by atoms with Crippen molar-refractivity contribution in [3.8, 4) is 5.75 Å². The van der Waals surface area contributed by atoms with Crippen LogP contribution >= 0.6 is 0 Å². The second-order valence-electron chi connectivity index (χ2n) is 4.25. The van der Waals surface area contributed by atoms with Crippen molar-refractivity contribution in [2.75, 3.05) is 18.6 Å². The third-order valence-electron chi connectivity index (χ3n) is 3.02. The molecule has 1 aliphatic rings. The minimum Gasteiger partial charge on any atom is -0.497 e. The third-order valence-corrected chi connectivity index (χ3v) is 3.02. The van der Waals surface area contributed by atoms with E-state index in [-0.39, 0.29) is 18.7 Å². The topological polar surface area (TPSA) is 72.6 Å². The van der Waals surface area contributed by atoms with Crippen LogP contribution in [0.15, 0.2) is 12.1 Å². The number of anilines is 1. The van der Waals surface area contributed by atoms with Gasteiger partial charge in [-0.1, -0.05) is 0 Å². The summed E-state index contributed by atoms with van der Waals surface area (Å²) in [6, 6.07) is 1.95. The first-order valence-corrected chi connectivity index (χ1v) is 5.56. The number of carbonyl (C=O) groups is 2. The van der Waals surface area contributed by atoms with Crippen molar-refractivity contribution < 1.29 is 23.1 Å². The predicted molar refractivity (Wildman–Crippen MR) is 62.6 cm³/mol. The van der Waals surface area contributed by atoms with Gasteiger partial charge in [-0.2, -0.15) is 0 Å². The van der Waals surface area contributed by atoms with Gasteiger partial charge in [0.2, 0.25) is 11.8 Å². The molecule has 0 spiro atoms. The number of nitrogens with two attached hydrogens (primary N) is 1. The van der Waals surface area contributed by atoms with Crippen molar-refractivity contribution in [1.82, 2.24) is 0 Å². The lowest BCUT2D eigenvalue weighted by molar-refractivity contribution is -0.123. The van der Waals surface area contributed by atoms with E-state index >= 15 is 0 Å². The summed E-state index contributed by atoms with van der Waals surface area (Å²) < 4.78 is 32.4. The largest absolute Gasteiger partial charge is 0.497 e. The molecule has 2 N–H and O–H groups in total.